The zero-order valence-corrected chi connectivity index (χ0v) is 10.3. The first-order valence-electron chi connectivity index (χ1n) is 5.40. The summed E-state index contributed by atoms with van der Waals surface area (Å²) in [6, 6.07) is 0. The van der Waals surface area contributed by atoms with Gasteiger partial charge in [0, 0.05) is 12.5 Å². The number of aromatic carboxylic acids is 1. The zero-order chi connectivity index (χ0) is 13.0. The number of aromatic nitrogens is 2. The molecule has 1 heterocycles. The highest BCUT2D eigenvalue weighted by Gasteiger charge is 2.15. The largest absolute Gasteiger partial charge is 0.476 e. The van der Waals surface area contributed by atoms with E-state index in [1.165, 1.54) is 6.20 Å². The molecule has 1 aromatic rings. The Labute approximate surface area is 101 Å². The third kappa shape index (κ3) is 3.55. The SMILES string of the molecule is C=C(C)CNc1cnc(C(C)C)nc1C(=O)O. The summed E-state index contributed by atoms with van der Waals surface area (Å²) in [5.74, 6) is -0.426. The highest BCUT2D eigenvalue weighted by Crippen LogP contribution is 2.16. The van der Waals surface area contributed by atoms with Gasteiger partial charge in [0.1, 0.15) is 5.82 Å². The van der Waals surface area contributed by atoms with Gasteiger partial charge in [0.15, 0.2) is 5.69 Å². The Bertz CT molecular complexity index is 441. The van der Waals surface area contributed by atoms with Crippen LogP contribution in [-0.2, 0) is 0 Å². The predicted octanol–water partition coefficient (Wildman–Crippen LogP) is 2.29. The summed E-state index contributed by atoms with van der Waals surface area (Å²) in [5, 5.41) is 12.0. The molecule has 0 unspecified atom stereocenters. The van der Waals surface area contributed by atoms with E-state index in [1.807, 2.05) is 20.8 Å². The van der Waals surface area contributed by atoms with Gasteiger partial charge in [-0.3, -0.25) is 0 Å². The molecule has 0 amide bonds. The monoisotopic (exact) mass is 235 g/mol. The van der Waals surface area contributed by atoms with Crippen molar-refractivity contribution in [1.29, 1.82) is 0 Å². The lowest BCUT2D eigenvalue weighted by molar-refractivity contribution is 0.0691. The Hall–Kier alpha value is -1.91. The second-order valence-electron chi connectivity index (χ2n) is 4.26. The van der Waals surface area contributed by atoms with Crippen molar-refractivity contribution in [2.75, 3.05) is 11.9 Å². The van der Waals surface area contributed by atoms with E-state index < -0.39 is 5.97 Å². The Kier molecular flexibility index (Phi) is 4.20. The van der Waals surface area contributed by atoms with Gasteiger partial charge in [-0.1, -0.05) is 26.0 Å². The van der Waals surface area contributed by atoms with Crippen LogP contribution in [0, 0.1) is 0 Å². The molecular formula is C12H17N3O2. The average molecular weight is 235 g/mol. The molecule has 0 aliphatic carbocycles. The van der Waals surface area contributed by atoms with E-state index in [-0.39, 0.29) is 11.6 Å². The van der Waals surface area contributed by atoms with Gasteiger partial charge in [-0.25, -0.2) is 14.8 Å². The van der Waals surface area contributed by atoms with Crippen LogP contribution in [0.5, 0.6) is 0 Å². The summed E-state index contributed by atoms with van der Waals surface area (Å²) in [7, 11) is 0. The molecule has 5 heteroatoms. The Balaban J connectivity index is 3.04. The van der Waals surface area contributed by atoms with E-state index in [0.29, 0.717) is 18.1 Å². The normalized spacial score (nSPS) is 10.4. The second-order valence-corrected chi connectivity index (χ2v) is 4.26. The summed E-state index contributed by atoms with van der Waals surface area (Å²) >= 11 is 0. The quantitative estimate of drug-likeness (QED) is 0.766. The van der Waals surface area contributed by atoms with Crippen LogP contribution in [-0.4, -0.2) is 27.6 Å². The molecule has 0 aromatic carbocycles. The van der Waals surface area contributed by atoms with Crippen LogP contribution >= 0.6 is 0 Å². The third-order valence-electron chi connectivity index (χ3n) is 2.11. The van der Waals surface area contributed by atoms with Crippen molar-refractivity contribution in [3.8, 4) is 0 Å². The molecule has 5 nitrogen and oxygen atoms in total. The number of anilines is 1. The number of nitrogens with zero attached hydrogens (tertiary/aromatic N) is 2. The summed E-state index contributed by atoms with van der Waals surface area (Å²) < 4.78 is 0. The first kappa shape index (κ1) is 13.2. The Morgan fingerprint density at radius 3 is 2.71 bits per heavy atom. The summed E-state index contributed by atoms with van der Waals surface area (Å²) in [6.07, 6.45) is 1.51. The molecule has 0 bridgehead atoms. The molecule has 0 aliphatic rings. The smallest absolute Gasteiger partial charge is 0.356 e. The van der Waals surface area contributed by atoms with Crippen molar-refractivity contribution in [3.05, 3.63) is 29.9 Å². The fourth-order valence-corrected chi connectivity index (χ4v) is 1.21. The van der Waals surface area contributed by atoms with Gasteiger partial charge in [-0.15, -0.1) is 0 Å². The van der Waals surface area contributed by atoms with E-state index in [2.05, 4.69) is 21.9 Å². The van der Waals surface area contributed by atoms with Crippen LogP contribution in [0.25, 0.3) is 0 Å². The third-order valence-corrected chi connectivity index (χ3v) is 2.11. The fourth-order valence-electron chi connectivity index (χ4n) is 1.21. The van der Waals surface area contributed by atoms with E-state index >= 15 is 0 Å². The lowest BCUT2D eigenvalue weighted by atomic mass is 10.2. The van der Waals surface area contributed by atoms with E-state index in [0.717, 1.165) is 5.57 Å². The standard InChI is InChI=1S/C12H17N3O2/c1-7(2)5-13-9-6-14-11(8(3)4)15-10(9)12(16)17/h6,8,13H,1,5H2,2-4H3,(H,16,17). The zero-order valence-electron chi connectivity index (χ0n) is 10.3. The molecule has 1 rings (SSSR count). The van der Waals surface area contributed by atoms with E-state index in [4.69, 9.17) is 5.11 Å². The van der Waals surface area contributed by atoms with Crippen molar-refractivity contribution in [2.45, 2.75) is 26.7 Å². The molecular weight excluding hydrogens is 218 g/mol. The molecule has 0 radical (unpaired) electrons. The molecule has 0 aliphatic heterocycles. The van der Waals surface area contributed by atoms with E-state index in [1.54, 1.807) is 0 Å². The van der Waals surface area contributed by atoms with Gasteiger partial charge in [0.25, 0.3) is 0 Å². The molecule has 0 saturated heterocycles. The number of carboxylic acid groups (broad SMARTS) is 1. The van der Waals surface area contributed by atoms with Gasteiger partial charge in [-0.05, 0) is 6.92 Å². The molecule has 0 atom stereocenters. The average Bonchev–Trinajstić information content (AvgIpc) is 2.25. The van der Waals surface area contributed by atoms with Gasteiger partial charge in [0.2, 0.25) is 0 Å². The molecule has 2 N–H and O–H groups in total. The first-order valence-corrected chi connectivity index (χ1v) is 5.40. The number of hydrogen-bond acceptors (Lipinski definition) is 4. The molecule has 1 aromatic heterocycles. The highest BCUT2D eigenvalue weighted by molar-refractivity contribution is 5.91. The first-order chi connectivity index (χ1) is 7.91. The minimum atomic E-state index is -1.06. The van der Waals surface area contributed by atoms with Crippen molar-refractivity contribution in [3.63, 3.8) is 0 Å². The minimum absolute atomic E-state index is 0.00458. The van der Waals surface area contributed by atoms with Crippen molar-refractivity contribution < 1.29 is 9.90 Å². The lowest BCUT2D eigenvalue weighted by Crippen LogP contribution is -2.13. The summed E-state index contributed by atoms with van der Waals surface area (Å²) in [6.45, 7) is 9.94. The van der Waals surface area contributed by atoms with Gasteiger partial charge < -0.3 is 10.4 Å². The highest BCUT2D eigenvalue weighted by atomic mass is 16.4. The molecule has 92 valence electrons. The molecule has 0 spiro atoms. The number of rotatable bonds is 5. The Morgan fingerprint density at radius 2 is 2.24 bits per heavy atom. The van der Waals surface area contributed by atoms with Crippen LogP contribution in [0.15, 0.2) is 18.3 Å². The maximum Gasteiger partial charge on any atom is 0.356 e. The molecule has 0 saturated carbocycles. The maximum absolute atomic E-state index is 11.1. The number of carboxylic acids is 1. The maximum atomic E-state index is 11.1. The lowest BCUT2D eigenvalue weighted by Gasteiger charge is -2.10. The number of hydrogen-bond donors (Lipinski definition) is 2. The summed E-state index contributed by atoms with van der Waals surface area (Å²) in [4.78, 5) is 19.3. The van der Waals surface area contributed by atoms with Crippen LogP contribution < -0.4 is 5.32 Å². The van der Waals surface area contributed by atoms with Gasteiger partial charge >= 0.3 is 5.97 Å². The van der Waals surface area contributed by atoms with Crippen LogP contribution in [0.4, 0.5) is 5.69 Å². The predicted molar refractivity (Wildman–Crippen MR) is 66.4 cm³/mol. The van der Waals surface area contributed by atoms with Gasteiger partial charge in [-0.2, -0.15) is 0 Å². The van der Waals surface area contributed by atoms with Crippen molar-refractivity contribution in [2.24, 2.45) is 0 Å². The topological polar surface area (TPSA) is 75.1 Å². The van der Waals surface area contributed by atoms with Crippen LogP contribution in [0.2, 0.25) is 0 Å². The number of carbonyl (C=O) groups is 1. The summed E-state index contributed by atoms with van der Waals surface area (Å²) in [5.41, 5.74) is 1.34. The van der Waals surface area contributed by atoms with Crippen molar-refractivity contribution in [1.82, 2.24) is 9.97 Å². The molecule has 0 fully saturated rings. The Morgan fingerprint density at radius 1 is 1.59 bits per heavy atom. The number of nitrogens with one attached hydrogen (secondary N) is 1. The fraction of sp³-hybridized carbons (Fsp3) is 0.417. The van der Waals surface area contributed by atoms with Crippen LogP contribution in [0.1, 0.15) is 43.0 Å². The van der Waals surface area contributed by atoms with E-state index in [9.17, 15) is 4.79 Å². The van der Waals surface area contributed by atoms with Crippen molar-refractivity contribution >= 4 is 11.7 Å². The van der Waals surface area contributed by atoms with Gasteiger partial charge in [0.05, 0.1) is 11.9 Å². The second kappa shape index (κ2) is 5.43. The molecule has 17 heavy (non-hydrogen) atoms. The van der Waals surface area contributed by atoms with Crippen LogP contribution in [0.3, 0.4) is 0 Å². The minimum Gasteiger partial charge on any atom is -0.476 e.